The summed E-state index contributed by atoms with van der Waals surface area (Å²) in [7, 11) is 0. The van der Waals surface area contributed by atoms with Crippen LogP contribution < -0.4 is 16.0 Å². The van der Waals surface area contributed by atoms with E-state index in [2.05, 4.69) is 15.2 Å². The molecule has 3 atom stereocenters. The van der Waals surface area contributed by atoms with Crippen molar-refractivity contribution in [2.45, 2.75) is 69.6 Å². The van der Waals surface area contributed by atoms with Crippen LogP contribution >= 0.6 is 0 Å². The van der Waals surface area contributed by atoms with Crippen LogP contribution in [0.3, 0.4) is 0 Å². The van der Waals surface area contributed by atoms with Crippen LogP contribution in [0.4, 0.5) is 5.82 Å². The van der Waals surface area contributed by atoms with Crippen LogP contribution in [0.25, 0.3) is 0 Å². The van der Waals surface area contributed by atoms with E-state index in [0.29, 0.717) is 43.1 Å². The van der Waals surface area contributed by atoms with E-state index >= 15 is 0 Å². The van der Waals surface area contributed by atoms with Gasteiger partial charge >= 0.3 is 0 Å². The summed E-state index contributed by atoms with van der Waals surface area (Å²) in [6.45, 7) is 3.70. The fourth-order valence-corrected chi connectivity index (χ4v) is 7.06. The Morgan fingerprint density at radius 1 is 1.15 bits per heavy atom. The first kappa shape index (κ1) is 23.1. The van der Waals surface area contributed by atoms with Crippen molar-refractivity contribution in [2.75, 3.05) is 24.5 Å². The van der Waals surface area contributed by atoms with E-state index in [1.54, 1.807) is 11.0 Å². The number of carbonyl (C=O) groups excluding carboxylic acids is 3. The molecule has 0 radical (unpaired) electrons. The van der Waals surface area contributed by atoms with Crippen molar-refractivity contribution in [3.63, 3.8) is 0 Å². The number of hydrogen-bond acceptors (Lipinski definition) is 6. The van der Waals surface area contributed by atoms with Gasteiger partial charge in [0, 0.05) is 44.6 Å². The summed E-state index contributed by atoms with van der Waals surface area (Å²) in [5.41, 5.74) is 5.05. The molecule has 184 valence electrons. The van der Waals surface area contributed by atoms with E-state index < -0.39 is 11.5 Å². The number of anilines is 1. The van der Waals surface area contributed by atoms with E-state index in [9.17, 15) is 19.5 Å². The Labute approximate surface area is 200 Å². The fourth-order valence-electron chi connectivity index (χ4n) is 7.06. The van der Waals surface area contributed by atoms with Gasteiger partial charge in [-0.05, 0) is 68.9 Å². The number of nitrogens with zero attached hydrogens (tertiary/aromatic N) is 3. The Morgan fingerprint density at radius 2 is 1.88 bits per heavy atom. The highest BCUT2D eigenvalue weighted by Crippen LogP contribution is 2.55. The molecule has 1 aliphatic heterocycles. The van der Waals surface area contributed by atoms with E-state index in [0.717, 1.165) is 37.9 Å². The third kappa shape index (κ3) is 4.50. The number of nitrogens with two attached hydrogens (primary N) is 1. The average Bonchev–Trinajstić information content (AvgIpc) is 2.78. The lowest BCUT2D eigenvalue weighted by Crippen LogP contribution is -2.61. The van der Waals surface area contributed by atoms with Gasteiger partial charge in [0.2, 0.25) is 11.8 Å². The van der Waals surface area contributed by atoms with Gasteiger partial charge < -0.3 is 26.0 Å². The predicted octanol–water partition coefficient (Wildman–Crippen LogP) is 1.05. The number of aliphatic hydroxyl groups is 1. The zero-order chi connectivity index (χ0) is 24.0. The highest BCUT2D eigenvalue weighted by atomic mass is 16.3. The zero-order valence-electron chi connectivity index (χ0n) is 19.8. The first-order valence-corrected chi connectivity index (χ1v) is 12.5. The summed E-state index contributed by atoms with van der Waals surface area (Å²) in [6, 6.07) is 5.65. The molecular weight excluding hydrogens is 434 g/mol. The van der Waals surface area contributed by atoms with Gasteiger partial charge in [0.05, 0.1) is 5.60 Å². The molecule has 34 heavy (non-hydrogen) atoms. The molecule has 0 aromatic carbocycles. The largest absolute Gasteiger partial charge is 0.390 e. The van der Waals surface area contributed by atoms with Crippen molar-refractivity contribution in [1.29, 1.82) is 0 Å². The van der Waals surface area contributed by atoms with Gasteiger partial charge in [-0.1, -0.05) is 6.07 Å². The molecule has 5 fully saturated rings. The molecule has 9 nitrogen and oxygen atoms in total. The lowest BCUT2D eigenvalue weighted by Gasteiger charge is -2.58. The molecule has 1 aromatic heterocycles. The molecule has 4 aliphatic carbocycles. The molecule has 3 amide bonds. The molecule has 1 saturated heterocycles. The summed E-state index contributed by atoms with van der Waals surface area (Å²) >= 11 is 0. The number of nitrogens with one attached hydrogen (secondary N) is 1. The average molecular weight is 470 g/mol. The monoisotopic (exact) mass is 469 g/mol. The number of rotatable bonds is 6. The zero-order valence-corrected chi connectivity index (χ0v) is 19.8. The van der Waals surface area contributed by atoms with Crippen molar-refractivity contribution in [3.8, 4) is 0 Å². The number of primary amides is 1. The summed E-state index contributed by atoms with van der Waals surface area (Å²) in [5, 5.41) is 14.1. The summed E-state index contributed by atoms with van der Waals surface area (Å²) in [5.74, 6) is 1.34. The molecule has 2 heterocycles. The Morgan fingerprint density at radius 3 is 2.53 bits per heavy atom. The molecule has 9 heteroatoms. The third-order valence-electron chi connectivity index (χ3n) is 8.37. The van der Waals surface area contributed by atoms with E-state index in [1.165, 1.54) is 0 Å². The molecule has 2 unspecified atom stereocenters. The Bertz CT molecular complexity index is 968. The molecule has 4 saturated carbocycles. The second-order valence-electron chi connectivity index (χ2n) is 10.9. The van der Waals surface area contributed by atoms with Crippen LogP contribution in [-0.2, 0) is 9.59 Å². The number of hydrogen-bond donors (Lipinski definition) is 3. The molecule has 1 aromatic rings. The van der Waals surface area contributed by atoms with E-state index in [1.807, 2.05) is 19.1 Å². The quantitative estimate of drug-likeness (QED) is 0.571. The summed E-state index contributed by atoms with van der Waals surface area (Å²) < 4.78 is 0. The SMILES string of the molecule is C[C@@H]1CN(C(=O)CCC(N)=O)CCN1c1cccc(C(=O)NC2C3CC4CC2CC(O)(C4)C3)n1. The van der Waals surface area contributed by atoms with Gasteiger partial charge in [0.15, 0.2) is 0 Å². The lowest BCUT2D eigenvalue weighted by molar-refractivity contribution is -0.137. The summed E-state index contributed by atoms with van der Waals surface area (Å²) in [6.07, 6.45) is 4.89. The topological polar surface area (TPSA) is 129 Å². The highest BCUT2D eigenvalue weighted by molar-refractivity contribution is 5.93. The number of amides is 3. The van der Waals surface area contributed by atoms with Gasteiger partial charge in [-0.2, -0.15) is 0 Å². The number of carbonyl (C=O) groups is 3. The third-order valence-corrected chi connectivity index (χ3v) is 8.37. The smallest absolute Gasteiger partial charge is 0.270 e. The number of aromatic nitrogens is 1. The second kappa shape index (κ2) is 8.83. The number of pyridine rings is 1. The van der Waals surface area contributed by atoms with Crippen LogP contribution in [0.15, 0.2) is 18.2 Å². The maximum atomic E-state index is 13.2. The maximum Gasteiger partial charge on any atom is 0.270 e. The van der Waals surface area contributed by atoms with Crippen LogP contribution in [0.1, 0.15) is 62.4 Å². The standard InChI is InChI=1S/C25H35N5O4/c1-15-14-29(22(32)6-5-20(26)31)7-8-30(15)21-4-2-3-19(27-21)24(33)28-23-17-9-16-10-18(23)13-25(34,11-16)12-17/h2-4,15-18,23,34H,5-14H2,1H3,(H2,26,31)(H,28,33)/t15-,16?,17?,18?,23?,25?/m1/s1. The minimum absolute atomic E-state index is 0.0299. The van der Waals surface area contributed by atoms with Crippen LogP contribution in [0.5, 0.6) is 0 Å². The molecule has 6 rings (SSSR count). The minimum Gasteiger partial charge on any atom is -0.390 e. The van der Waals surface area contributed by atoms with E-state index in [4.69, 9.17) is 5.73 Å². The van der Waals surface area contributed by atoms with Crippen molar-refractivity contribution >= 4 is 23.5 Å². The highest BCUT2D eigenvalue weighted by Gasteiger charge is 2.55. The second-order valence-corrected chi connectivity index (χ2v) is 10.9. The van der Waals surface area contributed by atoms with Gasteiger partial charge in [-0.25, -0.2) is 4.98 Å². The van der Waals surface area contributed by atoms with Gasteiger partial charge in [0.25, 0.3) is 5.91 Å². The van der Waals surface area contributed by atoms with E-state index in [-0.39, 0.29) is 36.7 Å². The van der Waals surface area contributed by atoms with Crippen LogP contribution in [0.2, 0.25) is 0 Å². The fraction of sp³-hybridized carbons (Fsp3) is 0.680. The number of piperazine rings is 1. The van der Waals surface area contributed by atoms with Crippen molar-refractivity contribution < 1.29 is 19.5 Å². The molecule has 4 bridgehead atoms. The van der Waals surface area contributed by atoms with Crippen molar-refractivity contribution in [2.24, 2.45) is 23.5 Å². The first-order valence-electron chi connectivity index (χ1n) is 12.5. The first-order chi connectivity index (χ1) is 16.2. The van der Waals surface area contributed by atoms with Gasteiger partial charge in [-0.3, -0.25) is 14.4 Å². The van der Waals surface area contributed by atoms with Gasteiger partial charge in [-0.15, -0.1) is 0 Å². The normalized spacial score (nSPS) is 34.2. The van der Waals surface area contributed by atoms with Crippen molar-refractivity contribution in [3.05, 3.63) is 23.9 Å². The maximum absolute atomic E-state index is 13.2. The minimum atomic E-state index is -0.518. The molecule has 5 aliphatic rings. The Hall–Kier alpha value is -2.68. The molecule has 0 spiro atoms. The van der Waals surface area contributed by atoms with Gasteiger partial charge in [0.1, 0.15) is 11.5 Å². The lowest BCUT2D eigenvalue weighted by atomic mass is 9.52. The summed E-state index contributed by atoms with van der Waals surface area (Å²) in [4.78, 5) is 45.1. The predicted molar refractivity (Wildman–Crippen MR) is 126 cm³/mol. The Balaban J connectivity index is 1.21. The van der Waals surface area contributed by atoms with Crippen molar-refractivity contribution in [1.82, 2.24) is 15.2 Å². The molecule has 4 N–H and O–H groups in total. The Kier molecular flexibility index (Phi) is 6.00. The molecular formula is C25H35N5O4. The van der Waals surface area contributed by atoms with Crippen LogP contribution in [-0.4, -0.2) is 70.0 Å². The van der Waals surface area contributed by atoms with Crippen LogP contribution in [0, 0.1) is 17.8 Å².